The van der Waals surface area contributed by atoms with Crippen LogP contribution in [0, 0.1) is 0 Å². The Morgan fingerprint density at radius 3 is 1.00 bits per heavy atom. The van der Waals surface area contributed by atoms with E-state index < -0.39 is 0 Å². The molecule has 0 fully saturated rings. The van der Waals surface area contributed by atoms with Gasteiger partial charge in [0, 0.05) is 81.7 Å². The van der Waals surface area contributed by atoms with E-state index in [1.807, 2.05) is 0 Å². The molecule has 0 aromatic heterocycles. The average Bonchev–Trinajstić information content (AvgIpc) is 0. The molecular weight excluding hydrogens is 383 g/mol. The summed E-state index contributed by atoms with van der Waals surface area (Å²) < 4.78 is 0. The van der Waals surface area contributed by atoms with Crippen molar-refractivity contribution in [2.75, 3.05) is 0 Å². The van der Waals surface area contributed by atoms with E-state index in [2.05, 4.69) is 0 Å². The number of rotatable bonds is 0. The van der Waals surface area contributed by atoms with Gasteiger partial charge in [0.15, 0.2) is 0 Å². The van der Waals surface area contributed by atoms with E-state index in [-0.39, 0.29) is 81.7 Å². The topological polar surface area (TPSA) is 0 Å². The molecule has 0 aromatic rings. The second-order valence-electron chi connectivity index (χ2n) is 0. The van der Waals surface area contributed by atoms with Gasteiger partial charge in [-0.3, -0.25) is 0 Å². The van der Waals surface area contributed by atoms with Gasteiger partial charge in [-0.1, -0.05) is 0 Å². The fourth-order valence-corrected chi connectivity index (χ4v) is 0. The van der Waals surface area contributed by atoms with E-state index >= 15 is 0 Å². The molecule has 0 spiro atoms. The molecule has 0 bridgehead atoms. The van der Waals surface area contributed by atoms with Crippen LogP contribution in [0.1, 0.15) is 0 Å². The summed E-state index contributed by atoms with van der Waals surface area (Å²) in [5.41, 5.74) is 0. The second-order valence-corrected chi connectivity index (χ2v) is 0. The van der Waals surface area contributed by atoms with Gasteiger partial charge in [-0.05, 0) is 0 Å². The molecule has 0 aliphatic rings. The SMILES string of the molecule is [Mo].[Ni].[Ta].[Ti]. The van der Waals surface area contributed by atoms with Crippen molar-refractivity contribution >= 4 is 0 Å². The first-order valence-electron chi connectivity index (χ1n) is 0. The number of hydrogen-bond donors (Lipinski definition) is 0. The first kappa shape index (κ1) is 30.3. The second kappa shape index (κ2) is 17.4. The Hall–Kier alpha value is 2.64. The molecule has 0 saturated carbocycles. The van der Waals surface area contributed by atoms with Gasteiger partial charge in [0.1, 0.15) is 0 Å². The summed E-state index contributed by atoms with van der Waals surface area (Å²) in [6.45, 7) is 0. The minimum atomic E-state index is 0. The van der Waals surface area contributed by atoms with Gasteiger partial charge < -0.3 is 0 Å². The molecular formula is MoNiTaTi. The first-order valence-corrected chi connectivity index (χ1v) is 0. The Morgan fingerprint density at radius 2 is 1.00 bits per heavy atom. The maximum Gasteiger partial charge on any atom is 0 e. The third-order valence-electron chi connectivity index (χ3n) is 0. The Balaban J connectivity index is 0. The Morgan fingerprint density at radius 1 is 1.00 bits per heavy atom. The molecule has 1 radical (unpaired) electrons. The van der Waals surface area contributed by atoms with Gasteiger partial charge in [-0.2, -0.15) is 0 Å². The van der Waals surface area contributed by atoms with Crippen molar-refractivity contribution < 1.29 is 81.7 Å². The summed E-state index contributed by atoms with van der Waals surface area (Å²) >= 11 is 0. The minimum absolute atomic E-state index is 0. The van der Waals surface area contributed by atoms with Crippen molar-refractivity contribution in [3.63, 3.8) is 0 Å². The largest absolute Gasteiger partial charge is 0 e. The maximum atomic E-state index is 0. The van der Waals surface area contributed by atoms with Crippen LogP contribution in [0.2, 0.25) is 0 Å². The zero-order valence-electron chi connectivity index (χ0n) is 1.67. The van der Waals surface area contributed by atoms with Crippen LogP contribution in [0.5, 0.6) is 0 Å². The third-order valence-corrected chi connectivity index (χ3v) is 0. The molecule has 0 amide bonds. The van der Waals surface area contributed by atoms with Crippen LogP contribution in [0.25, 0.3) is 0 Å². The van der Waals surface area contributed by atoms with Crippen molar-refractivity contribution in [2.24, 2.45) is 0 Å². The quantitative estimate of drug-likeness (QED) is 0.517. The predicted molar refractivity (Wildman–Crippen MR) is 0 cm³/mol. The normalized spacial score (nSPS) is 0. The smallest absolute Gasteiger partial charge is 0 e. The van der Waals surface area contributed by atoms with Gasteiger partial charge in [-0.15, -0.1) is 0 Å². The molecule has 0 atom stereocenters. The van der Waals surface area contributed by atoms with Gasteiger partial charge in [0.2, 0.25) is 0 Å². The monoisotopic (exact) mass is 385 g/mol. The summed E-state index contributed by atoms with van der Waals surface area (Å²) in [5.74, 6) is 0. The molecule has 25 valence electrons. The van der Waals surface area contributed by atoms with Crippen molar-refractivity contribution in [1.29, 1.82) is 0 Å². The van der Waals surface area contributed by atoms with Crippen molar-refractivity contribution in [3.05, 3.63) is 0 Å². The van der Waals surface area contributed by atoms with Crippen LogP contribution >= 0.6 is 0 Å². The van der Waals surface area contributed by atoms with Crippen molar-refractivity contribution in [3.8, 4) is 0 Å². The first-order chi connectivity index (χ1) is 0. The standard InChI is InChI=1S/Mo.Ni.Ta.Ti. The van der Waals surface area contributed by atoms with Crippen LogP contribution in [0.3, 0.4) is 0 Å². The van der Waals surface area contributed by atoms with E-state index in [1.165, 1.54) is 0 Å². The predicted octanol–water partition coefficient (Wildman–Crippen LogP) is -0.0100. The summed E-state index contributed by atoms with van der Waals surface area (Å²) in [7, 11) is 0. The van der Waals surface area contributed by atoms with Gasteiger partial charge in [-0.25, -0.2) is 0 Å². The zero-order chi connectivity index (χ0) is 0. The molecule has 0 N–H and O–H groups in total. The third kappa shape index (κ3) is 8.82. The summed E-state index contributed by atoms with van der Waals surface area (Å²) in [5, 5.41) is 0. The zero-order valence-corrected chi connectivity index (χ0v) is 9.44. The average molecular weight is 383 g/mol. The minimum Gasteiger partial charge on any atom is 0 e. The van der Waals surface area contributed by atoms with Crippen LogP contribution < -0.4 is 0 Å². The Kier molecular flexibility index (Phi) is 132. The van der Waals surface area contributed by atoms with E-state index in [9.17, 15) is 0 Å². The fraction of sp³-hybridized carbons (Fsp3) is 0. The molecule has 0 aliphatic heterocycles. The molecule has 0 nitrogen and oxygen atoms in total. The van der Waals surface area contributed by atoms with E-state index in [0.29, 0.717) is 0 Å². The van der Waals surface area contributed by atoms with Crippen molar-refractivity contribution in [1.82, 2.24) is 0 Å². The molecule has 4 heavy (non-hydrogen) atoms. The molecule has 0 unspecified atom stereocenters. The molecule has 0 rings (SSSR count). The Labute approximate surface area is 80.4 Å². The van der Waals surface area contributed by atoms with E-state index in [0.717, 1.165) is 0 Å². The van der Waals surface area contributed by atoms with Crippen LogP contribution in [0.4, 0.5) is 0 Å². The summed E-state index contributed by atoms with van der Waals surface area (Å²) in [6, 6.07) is 0. The van der Waals surface area contributed by atoms with Crippen molar-refractivity contribution in [2.45, 2.75) is 0 Å². The molecule has 0 heterocycles. The summed E-state index contributed by atoms with van der Waals surface area (Å²) in [4.78, 5) is 0. The Bertz CT molecular complexity index is 8.00. The van der Waals surface area contributed by atoms with Gasteiger partial charge in [0.05, 0.1) is 0 Å². The number of hydrogen-bond acceptors (Lipinski definition) is 0. The molecule has 4 heteroatoms. The maximum absolute atomic E-state index is 0. The van der Waals surface area contributed by atoms with E-state index in [1.54, 1.807) is 0 Å². The summed E-state index contributed by atoms with van der Waals surface area (Å²) in [6.07, 6.45) is 0. The van der Waals surface area contributed by atoms with Gasteiger partial charge >= 0.3 is 0 Å². The fourth-order valence-electron chi connectivity index (χ4n) is 0. The molecule has 0 aliphatic carbocycles. The van der Waals surface area contributed by atoms with Crippen LogP contribution in [-0.4, -0.2) is 0 Å². The van der Waals surface area contributed by atoms with Gasteiger partial charge in [0.25, 0.3) is 0 Å². The molecule has 0 saturated heterocycles. The van der Waals surface area contributed by atoms with Crippen LogP contribution in [-0.2, 0) is 81.7 Å². The molecule has 0 aromatic carbocycles. The van der Waals surface area contributed by atoms with Crippen LogP contribution in [0.15, 0.2) is 0 Å². The van der Waals surface area contributed by atoms with E-state index in [4.69, 9.17) is 0 Å².